The first-order valence-corrected chi connectivity index (χ1v) is 1.88. The van der Waals surface area contributed by atoms with E-state index in [0.29, 0.717) is 0 Å². The van der Waals surface area contributed by atoms with E-state index in [2.05, 4.69) is 4.84 Å². The molecule has 6 heteroatoms. The minimum atomic E-state index is -4.87. The van der Waals surface area contributed by atoms with Gasteiger partial charge in [0.15, 0.2) is 0 Å². The maximum Gasteiger partial charge on any atom is 0.473 e. The van der Waals surface area contributed by atoms with E-state index < -0.39 is 12.1 Å². The summed E-state index contributed by atoms with van der Waals surface area (Å²) in [5, 5.41) is 0. The summed E-state index contributed by atoms with van der Waals surface area (Å²) in [4.78, 5) is 13.4. The topological polar surface area (TPSA) is 38.3 Å². The third-order valence-corrected chi connectivity index (χ3v) is 0.452. The Labute approximate surface area is 48.7 Å². The number of alkyl halides is 3. The molecule has 0 aliphatic carbocycles. The van der Waals surface area contributed by atoms with Crippen molar-refractivity contribution in [1.82, 2.24) is 5.48 Å². The minimum Gasteiger partial charge on any atom is -0.277 e. The lowest BCUT2D eigenvalue weighted by molar-refractivity contribution is -0.184. The van der Waals surface area contributed by atoms with Crippen molar-refractivity contribution < 1.29 is 22.8 Å². The number of carbonyl (C=O) groups excluding carboxylic acids is 1. The van der Waals surface area contributed by atoms with Crippen LogP contribution in [-0.4, -0.2) is 19.2 Å². The fraction of sp³-hybridized carbons (Fsp3) is 0.667. The van der Waals surface area contributed by atoms with Crippen LogP contribution in [0.1, 0.15) is 0 Å². The summed E-state index contributed by atoms with van der Waals surface area (Å²) in [5.74, 6) is -2.11. The van der Waals surface area contributed by atoms with E-state index in [4.69, 9.17) is 0 Å². The fourth-order valence-corrected chi connectivity index (χ4v) is 0.151. The first-order valence-electron chi connectivity index (χ1n) is 1.88. The molecule has 0 saturated heterocycles. The molecule has 0 aromatic heterocycles. The number of hydrogen-bond acceptors (Lipinski definition) is 2. The Morgan fingerprint density at radius 3 is 2.11 bits per heavy atom. The predicted molar refractivity (Wildman–Crippen MR) is 21.2 cm³/mol. The summed E-state index contributed by atoms with van der Waals surface area (Å²) >= 11 is 0. The van der Waals surface area contributed by atoms with Gasteiger partial charge >= 0.3 is 12.1 Å². The molecule has 0 saturated carbocycles. The largest absolute Gasteiger partial charge is 0.473 e. The molecule has 0 aromatic rings. The lowest BCUT2D eigenvalue weighted by Gasteiger charge is -2.03. The van der Waals surface area contributed by atoms with Gasteiger partial charge in [0.2, 0.25) is 0 Å². The Kier molecular flexibility index (Phi) is 2.44. The summed E-state index contributed by atoms with van der Waals surface area (Å²) in [6.07, 6.45) is -4.87. The molecule has 0 bridgehead atoms. The molecule has 0 rings (SSSR count). The van der Waals surface area contributed by atoms with Crippen LogP contribution in [0, 0.1) is 0 Å². The zero-order chi connectivity index (χ0) is 7.49. The van der Waals surface area contributed by atoms with Gasteiger partial charge in [-0.1, -0.05) is 0 Å². The summed E-state index contributed by atoms with van der Waals surface area (Å²) in [6, 6.07) is 0. The second kappa shape index (κ2) is 2.67. The molecule has 3 nitrogen and oxygen atoms in total. The highest BCUT2D eigenvalue weighted by Crippen LogP contribution is 2.13. The van der Waals surface area contributed by atoms with Crippen molar-refractivity contribution in [1.29, 1.82) is 0 Å². The Morgan fingerprint density at radius 1 is 1.56 bits per heavy atom. The number of hydroxylamine groups is 1. The van der Waals surface area contributed by atoms with Gasteiger partial charge in [0.1, 0.15) is 0 Å². The Balaban J connectivity index is 3.74. The quantitative estimate of drug-likeness (QED) is 0.533. The van der Waals surface area contributed by atoms with Gasteiger partial charge in [-0.3, -0.25) is 9.63 Å². The molecule has 54 valence electrons. The molecule has 0 atom stereocenters. The van der Waals surface area contributed by atoms with Gasteiger partial charge in [0.25, 0.3) is 0 Å². The molecule has 9 heavy (non-hydrogen) atoms. The van der Waals surface area contributed by atoms with Gasteiger partial charge in [-0.25, -0.2) is 5.48 Å². The van der Waals surface area contributed by atoms with E-state index in [1.54, 1.807) is 0 Å². The number of halogens is 3. The van der Waals surface area contributed by atoms with Crippen LogP contribution in [0.3, 0.4) is 0 Å². The Bertz CT molecular complexity index is 110. The molecule has 0 aliphatic rings. The van der Waals surface area contributed by atoms with E-state index in [1.165, 1.54) is 0 Å². The minimum absolute atomic E-state index is 0.920. The van der Waals surface area contributed by atoms with Crippen molar-refractivity contribution in [3.8, 4) is 0 Å². The smallest absolute Gasteiger partial charge is 0.277 e. The SMILES string of the molecule is CONC(=O)C(F)(F)F. The Hall–Kier alpha value is -0.780. The zero-order valence-corrected chi connectivity index (χ0v) is 4.45. The maximum atomic E-state index is 11.1. The number of carbonyl (C=O) groups is 1. The summed E-state index contributed by atoms with van der Waals surface area (Å²) in [6.45, 7) is 0. The van der Waals surface area contributed by atoms with Crippen molar-refractivity contribution in [2.24, 2.45) is 0 Å². The average Bonchev–Trinajstić information content (AvgIpc) is 1.64. The highest BCUT2D eigenvalue weighted by Gasteiger charge is 2.38. The van der Waals surface area contributed by atoms with Gasteiger partial charge in [-0.2, -0.15) is 13.2 Å². The maximum absolute atomic E-state index is 11.1. The van der Waals surface area contributed by atoms with Crippen LogP contribution in [0.5, 0.6) is 0 Å². The molecule has 0 fully saturated rings. The standard InChI is InChI=1S/C3H4F3NO2/c1-9-7-2(8)3(4,5)6/h1H3,(H,7,8). The number of hydrogen-bond donors (Lipinski definition) is 1. The van der Waals surface area contributed by atoms with E-state index >= 15 is 0 Å². The number of rotatable bonds is 1. The van der Waals surface area contributed by atoms with Gasteiger partial charge in [-0.05, 0) is 0 Å². The predicted octanol–water partition coefficient (Wildman–Crippen LogP) is 0.226. The molecule has 0 aromatic carbocycles. The third kappa shape index (κ3) is 2.91. The van der Waals surface area contributed by atoms with Gasteiger partial charge in [0, 0.05) is 0 Å². The number of amides is 1. The normalized spacial score (nSPS) is 11.1. The zero-order valence-electron chi connectivity index (χ0n) is 4.45. The van der Waals surface area contributed by atoms with Crippen molar-refractivity contribution >= 4 is 5.91 Å². The highest BCUT2D eigenvalue weighted by atomic mass is 19.4. The fourth-order valence-electron chi connectivity index (χ4n) is 0.151. The van der Waals surface area contributed by atoms with Gasteiger partial charge in [0.05, 0.1) is 7.11 Å². The number of nitrogens with one attached hydrogen (secondary N) is 1. The third-order valence-electron chi connectivity index (χ3n) is 0.452. The summed E-state index contributed by atoms with van der Waals surface area (Å²) < 4.78 is 33.4. The second-order valence-corrected chi connectivity index (χ2v) is 1.13. The van der Waals surface area contributed by atoms with Gasteiger partial charge < -0.3 is 0 Å². The molecule has 0 spiro atoms. The van der Waals surface area contributed by atoms with E-state index in [9.17, 15) is 18.0 Å². The van der Waals surface area contributed by atoms with Crippen LogP contribution in [0.25, 0.3) is 0 Å². The first kappa shape index (κ1) is 8.22. The van der Waals surface area contributed by atoms with Crippen LogP contribution in [0.2, 0.25) is 0 Å². The lowest BCUT2D eigenvalue weighted by Crippen LogP contribution is -2.35. The summed E-state index contributed by atoms with van der Waals surface area (Å²) in [7, 11) is 0.920. The van der Waals surface area contributed by atoms with Crippen LogP contribution < -0.4 is 5.48 Å². The molecule has 0 heterocycles. The molecule has 1 N–H and O–H groups in total. The summed E-state index contributed by atoms with van der Waals surface area (Å²) in [5.41, 5.74) is 1.12. The average molecular weight is 143 g/mol. The molecule has 1 amide bonds. The van der Waals surface area contributed by atoms with Gasteiger partial charge in [-0.15, -0.1) is 0 Å². The van der Waals surface area contributed by atoms with Crippen LogP contribution in [0.15, 0.2) is 0 Å². The van der Waals surface area contributed by atoms with E-state index in [1.807, 2.05) is 0 Å². The Morgan fingerprint density at radius 2 is 2.00 bits per heavy atom. The van der Waals surface area contributed by atoms with E-state index in [0.717, 1.165) is 12.6 Å². The van der Waals surface area contributed by atoms with Crippen molar-refractivity contribution in [3.63, 3.8) is 0 Å². The molecular weight excluding hydrogens is 139 g/mol. The van der Waals surface area contributed by atoms with Crippen molar-refractivity contribution in [3.05, 3.63) is 0 Å². The highest BCUT2D eigenvalue weighted by molar-refractivity contribution is 5.80. The van der Waals surface area contributed by atoms with Crippen LogP contribution >= 0.6 is 0 Å². The van der Waals surface area contributed by atoms with Crippen molar-refractivity contribution in [2.45, 2.75) is 6.18 Å². The molecule has 0 radical (unpaired) electrons. The first-order chi connectivity index (χ1) is 3.98. The molecule has 0 aliphatic heterocycles. The van der Waals surface area contributed by atoms with Crippen molar-refractivity contribution in [2.75, 3.05) is 7.11 Å². The second-order valence-electron chi connectivity index (χ2n) is 1.13. The molecular formula is C3H4F3NO2. The van der Waals surface area contributed by atoms with E-state index in [-0.39, 0.29) is 0 Å². The van der Waals surface area contributed by atoms with Crippen LogP contribution in [0.4, 0.5) is 13.2 Å². The van der Waals surface area contributed by atoms with Crippen LogP contribution in [-0.2, 0) is 9.63 Å². The molecule has 0 unspecified atom stereocenters. The monoisotopic (exact) mass is 143 g/mol. The lowest BCUT2D eigenvalue weighted by atomic mass is 10.6.